The zero-order chi connectivity index (χ0) is 15.0. The summed E-state index contributed by atoms with van der Waals surface area (Å²) in [6.45, 7) is 6.77. The molecule has 1 aromatic rings. The molecule has 0 radical (unpaired) electrons. The summed E-state index contributed by atoms with van der Waals surface area (Å²) in [4.78, 5) is 10.3. The Labute approximate surface area is 118 Å². The van der Waals surface area contributed by atoms with Crippen LogP contribution in [-0.4, -0.2) is 35.9 Å². The Hall–Kier alpha value is -1.85. The van der Waals surface area contributed by atoms with Crippen molar-refractivity contribution in [3.8, 4) is 5.75 Å². The highest BCUT2D eigenvalue weighted by Gasteiger charge is 2.07. The van der Waals surface area contributed by atoms with E-state index in [4.69, 9.17) is 9.84 Å². The first kappa shape index (κ1) is 16.2. The van der Waals surface area contributed by atoms with Crippen molar-refractivity contribution >= 4 is 5.97 Å². The number of carboxylic acid groups (broad SMARTS) is 1. The first-order valence-electron chi connectivity index (χ1n) is 6.46. The molecule has 0 saturated carbocycles. The summed E-state index contributed by atoms with van der Waals surface area (Å²) in [6.07, 6.45) is -0.626. The van der Waals surface area contributed by atoms with Crippen LogP contribution >= 0.6 is 0 Å². The van der Waals surface area contributed by atoms with E-state index < -0.39 is 12.1 Å². The van der Waals surface area contributed by atoms with E-state index in [0.717, 1.165) is 16.9 Å². The molecule has 1 rings (SSSR count). The van der Waals surface area contributed by atoms with Crippen LogP contribution in [0.4, 0.5) is 0 Å². The van der Waals surface area contributed by atoms with Crippen molar-refractivity contribution in [2.45, 2.75) is 19.4 Å². The van der Waals surface area contributed by atoms with Crippen molar-refractivity contribution in [2.24, 2.45) is 0 Å². The number of benzene rings is 1. The van der Waals surface area contributed by atoms with Gasteiger partial charge < -0.3 is 20.3 Å². The molecule has 0 spiro atoms. The van der Waals surface area contributed by atoms with E-state index in [2.05, 4.69) is 11.9 Å². The summed E-state index contributed by atoms with van der Waals surface area (Å²) in [5, 5.41) is 21.3. The highest BCUT2D eigenvalue weighted by atomic mass is 16.5. The monoisotopic (exact) mass is 279 g/mol. The van der Waals surface area contributed by atoms with Gasteiger partial charge in [0, 0.05) is 13.1 Å². The lowest BCUT2D eigenvalue weighted by Gasteiger charge is -2.13. The van der Waals surface area contributed by atoms with Crippen LogP contribution in [0.2, 0.25) is 0 Å². The molecule has 1 atom stereocenters. The number of aliphatic hydroxyl groups is 1. The first-order chi connectivity index (χ1) is 9.49. The molecular formula is C15H21NO4. The highest BCUT2D eigenvalue weighted by Crippen LogP contribution is 2.17. The molecule has 0 saturated heterocycles. The topological polar surface area (TPSA) is 78.8 Å². The normalized spacial score (nSPS) is 11.9. The smallest absolute Gasteiger partial charge is 0.304 e. The van der Waals surface area contributed by atoms with Gasteiger partial charge in [0.15, 0.2) is 0 Å². The standard InChI is InChI=1S/C15H21NO4/c1-11(2)10-20-13-5-3-12(4-6-13)14(17)9-16-8-7-15(18)19/h3-6,14,16-17H,1,7-10H2,2H3,(H,18,19). The Kier molecular flexibility index (Phi) is 6.76. The lowest BCUT2D eigenvalue weighted by atomic mass is 10.1. The summed E-state index contributed by atoms with van der Waals surface area (Å²) in [5.41, 5.74) is 1.70. The van der Waals surface area contributed by atoms with Gasteiger partial charge in [0.25, 0.3) is 0 Å². The van der Waals surface area contributed by atoms with Crippen LogP contribution in [0.15, 0.2) is 36.4 Å². The minimum absolute atomic E-state index is 0.0421. The van der Waals surface area contributed by atoms with Crippen molar-refractivity contribution in [3.63, 3.8) is 0 Å². The predicted octanol–water partition coefficient (Wildman–Crippen LogP) is 1.74. The van der Waals surface area contributed by atoms with Gasteiger partial charge in [-0.15, -0.1) is 0 Å². The maximum atomic E-state index is 10.3. The Morgan fingerprint density at radius 1 is 1.40 bits per heavy atom. The number of carbonyl (C=O) groups is 1. The number of rotatable bonds is 9. The second-order valence-corrected chi connectivity index (χ2v) is 4.68. The van der Waals surface area contributed by atoms with E-state index in [1.165, 1.54) is 0 Å². The molecule has 0 aliphatic rings. The van der Waals surface area contributed by atoms with Crippen molar-refractivity contribution in [2.75, 3.05) is 19.7 Å². The molecule has 20 heavy (non-hydrogen) atoms. The number of hydrogen-bond acceptors (Lipinski definition) is 4. The van der Waals surface area contributed by atoms with Crippen molar-refractivity contribution < 1.29 is 19.7 Å². The Bertz CT molecular complexity index is 442. The van der Waals surface area contributed by atoms with E-state index >= 15 is 0 Å². The third-order valence-corrected chi connectivity index (χ3v) is 2.60. The highest BCUT2D eigenvalue weighted by molar-refractivity contribution is 5.66. The van der Waals surface area contributed by atoms with Gasteiger partial charge in [0.1, 0.15) is 12.4 Å². The fourth-order valence-electron chi connectivity index (χ4n) is 1.54. The summed E-state index contributed by atoms with van der Waals surface area (Å²) < 4.78 is 5.46. The summed E-state index contributed by atoms with van der Waals surface area (Å²) >= 11 is 0. The lowest BCUT2D eigenvalue weighted by Crippen LogP contribution is -2.24. The molecule has 110 valence electrons. The fraction of sp³-hybridized carbons (Fsp3) is 0.400. The first-order valence-corrected chi connectivity index (χ1v) is 6.46. The molecular weight excluding hydrogens is 258 g/mol. The van der Waals surface area contributed by atoms with Crippen molar-refractivity contribution in [3.05, 3.63) is 42.0 Å². The van der Waals surface area contributed by atoms with E-state index in [1.807, 2.05) is 6.92 Å². The third kappa shape index (κ3) is 6.36. The van der Waals surface area contributed by atoms with Gasteiger partial charge in [-0.2, -0.15) is 0 Å². The summed E-state index contributed by atoms with van der Waals surface area (Å²) in [6, 6.07) is 7.16. The Balaban J connectivity index is 2.38. The van der Waals surface area contributed by atoms with Crippen LogP contribution < -0.4 is 10.1 Å². The average molecular weight is 279 g/mol. The van der Waals surface area contributed by atoms with Gasteiger partial charge in [-0.05, 0) is 30.2 Å². The Morgan fingerprint density at radius 3 is 2.60 bits per heavy atom. The SMILES string of the molecule is C=C(C)COc1ccc(C(O)CNCCC(=O)O)cc1. The zero-order valence-corrected chi connectivity index (χ0v) is 11.6. The number of ether oxygens (including phenoxy) is 1. The number of aliphatic hydroxyl groups excluding tert-OH is 1. The third-order valence-electron chi connectivity index (χ3n) is 2.60. The molecule has 0 aliphatic carbocycles. The van der Waals surface area contributed by atoms with Crippen LogP contribution in [0.1, 0.15) is 25.0 Å². The summed E-state index contributed by atoms with van der Waals surface area (Å²) in [7, 11) is 0. The predicted molar refractivity (Wildman–Crippen MR) is 76.8 cm³/mol. The lowest BCUT2D eigenvalue weighted by molar-refractivity contribution is -0.136. The minimum Gasteiger partial charge on any atom is -0.489 e. The number of carboxylic acids is 1. The largest absolute Gasteiger partial charge is 0.489 e. The van der Waals surface area contributed by atoms with E-state index in [9.17, 15) is 9.90 Å². The zero-order valence-electron chi connectivity index (χ0n) is 11.6. The maximum Gasteiger partial charge on any atom is 0.304 e. The van der Waals surface area contributed by atoms with E-state index in [-0.39, 0.29) is 6.42 Å². The molecule has 5 heteroatoms. The molecule has 5 nitrogen and oxygen atoms in total. The number of aliphatic carboxylic acids is 1. The molecule has 0 aromatic heterocycles. The molecule has 0 bridgehead atoms. The Morgan fingerprint density at radius 2 is 2.05 bits per heavy atom. The quantitative estimate of drug-likeness (QED) is 0.474. The molecule has 3 N–H and O–H groups in total. The van der Waals surface area contributed by atoms with Crippen LogP contribution in [0, 0.1) is 0 Å². The molecule has 0 aliphatic heterocycles. The van der Waals surface area contributed by atoms with Gasteiger partial charge >= 0.3 is 5.97 Å². The van der Waals surface area contributed by atoms with E-state index in [0.29, 0.717) is 19.7 Å². The number of hydrogen-bond donors (Lipinski definition) is 3. The molecule has 1 aromatic carbocycles. The molecule has 0 heterocycles. The number of nitrogens with one attached hydrogen (secondary N) is 1. The molecule has 1 unspecified atom stereocenters. The average Bonchev–Trinajstić information content (AvgIpc) is 2.41. The maximum absolute atomic E-state index is 10.3. The van der Waals surface area contributed by atoms with Gasteiger partial charge in [-0.3, -0.25) is 4.79 Å². The fourth-order valence-corrected chi connectivity index (χ4v) is 1.54. The van der Waals surface area contributed by atoms with Gasteiger partial charge in [0.2, 0.25) is 0 Å². The molecule has 0 fully saturated rings. The van der Waals surface area contributed by atoms with Gasteiger partial charge in [-0.1, -0.05) is 18.7 Å². The van der Waals surface area contributed by atoms with Crippen LogP contribution in [0.3, 0.4) is 0 Å². The van der Waals surface area contributed by atoms with Crippen LogP contribution in [0.25, 0.3) is 0 Å². The minimum atomic E-state index is -0.856. The van der Waals surface area contributed by atoms with Gasteiger partial charge in [-0.25, -0.2) is 0 Å². The van der Waals surface area contributed by atoms with Crippen LogP contribution in [0.5, 0.6) is 5.75 Å². The summed E-state index contributed by atoms with van der Waals surface area (Å²) in [5.74, 6) is -0.131. The van der Waals surface area contributed by atoms with Crippen LogP contribution in [-0.2, 0) is 4.79 Å². The second kappa shape index (κ2) is 8.35. The van der Waals surface area contributed by atoms with Crippen molar-refractivity contribution in [1.29, 1.82) is 0 Å². The van der Waals surface area contributed by atoms with Gasteiger partial charge in [0.05, 0.1) is 12.5 Å². The van der Waals surface area contributed by atoms with E-state index in [1.54, 1.807) is 24.3 Å². The molecule has 0 amide bonds. The van der Waals surface area contributed by atoms with Crippen molar-refractivity contribution in [1.82, 2.24) is 5.32 Å². The second-order valence-electron chi connectivity index (χ2n) is 4.68.